The Morgan fingerprint density at radius 3 is 2.56 bits per heavy atom. The highest BCUT2D eigenvalue weighted by atomic mass is 19.1. The highest BCUT2D eigenvalue weighted by molar-refractivity contribution is 5.68. The molecule has 0 N–H and O–H groups in total. The van der Waals surface area contributed by atoms with Crippen LogP contribution in [0.1, 0.15) is 45.3 Å². The first-order chi connectivity index (χ1) is 15.1. The molecule has 1 aromatic carbocycles. The molecule has 4 rings (SSSR count). The van der Waals surface area contributed by atoms with Crippen LogP contribution in [0.5, 0.6) is 0 Å². The quantitative estimate of drug-likeness (QED) is 0.696. The van der Waals surface area contributed by atoms with Crippen molar-refractivity contribution < 1.29 is 27.9 Å². The van der Waals surface area contributed by atoms with Crippen molar-refractivity contribution in [3.05, 3.63) is 35.5 Å². The first-order valence-electron chi connectivity index (χ1n) is 10.9. The van der Waals surface area contributed by atoms with Crippen LogP contribution < -0.4 is 0 Å². The average Bonchev–Trinajstić information content (AvgIpc) is 3.19. The fourth-order valence-corrected chi connectivity index (χ4v) is 4.14. The number of rotatable bonds is 4. The van der Waals surface area contributed by atoms with E-state index < -0.39 is 11.7 Å². The molecule has 2 saturated heterocycles. The Balaban J connectivity index is 1.42. The van der Waals surface area contributed by atoms with Crippen LogP contribution in [0.4, 0.5) is 9.18 Å². The third-order valence-electron chi connectivity index (χ3n) is 5.74. The van der Waals surface area contributed by atoms with Crippen LogP contribution in [0, 0.1) is 24.6 Å². The molecule has 1 aromatic heterocycles. The van der Waals surface area contributed by atoms with Gasteiger partial charge >= 0.3 is 6.09 Å². The van der Waals surface area contributed by atoms with Gasteiger partial charge in [0, 0.05) is 30.5 Å². The second kappa shape index (κ2) is 8.78. The van der Waals surface area contributed by atoms with E-state index in [2.05, 4.69) is 10.1 Å². The number of likely N-dealkylation sites (tertiary alicyclic amines) is 1. The number of halogens is 1. The van der Waals surface area contributed by atoms with Gasteiger partial charge in [-0.05, 0) is 46.2 Å². The molecular weight excluding hydrogens is 417 g/mol. The van der Waals surface area contributed by atoms with Crippen molar-refractivity contribution in [3.63, 3.8) is 0 Å². The summed E-state index contributed by atoms with van der Waals surface area (Å²) < 4.78 is 36.9. The first-order valence-corrected chi connectivity index (χ1v) is 10.9. The minimum absolute atomic E-state index is 0.0195. The van der Waals surface area contributed by atoms with Crippen molar-refractivity contribution in [2.75, 3.05) is 26.3 Å². The molecule has 2 aliphatic rings. The largest absolute Gasteiger partial charge is 0.444 e. The van der Waals surface area contributed by atoms with Crippen LogP contribution in [0.3, 0.4) is 0 Å². The number of aromatic nitrogens is 2. The Bertz CT molecular complexity index is 959. The van der Waals surface area contributed by atoms with Crippen molar-refractivity contribution >= 4 is 6.09 Å². The molecule has 0 spiro atoms. The normalized spacial score (nSPS) is 24.3. The lowest BCUT2D eigenvalue weighted by Crippen LogP contribution is -2.58. The molecule has 8 nitrogen and oxygen atoms in total. The standard InChI is InChI=1S/C23H30FN3O5/c1-13-6-7-15(8-18(13)24)20-25-21(32-26-20)14(2)30-19-16-9-27(10-17(19)12-29-11-16)22(28)31-23(3,4)5/h6-8,14,16-17,19H,9-12H2,1-5H3. The lowest BCUT2D eigenvalue weighted by molar-refractivity contribution is -0.168. The smallest absolute Gasteiger partial charge is 0.410 e. The fraction of sp³-hybridized carbons (Fsp3) is 0.609. The second-order valence-electron chi connectivity index (χ2n) is 9.61. The van der Waals surface area contributed by atoms with Gasteiger partial charge in [-0.1, -0.05) is 17.3 Å². The third kappa shape index (κ3) is 4.94. The maximum atomic E-state index is 13.9. The highest BCUT2D eigenvalue weighted by Gasteiger charge is 2.44. The van der Waals surface area contributed by atoms with Gasteiger partial charge in [-0.25, -0.2) is 9.18 Å². The van der Waals surface area contributed by atoms with Gasteiger partial charge in [-0.3, -0.25) is 0 Å². The number of carbonyl (C=O) groups excluding carboxylic acids is 1. The molecule has 32 heavy (non-hydrogen) atoms. The van der Waals surface area contributed by atoms with Gasteiger partial charge in [-0.2, -0.15) is 4.98 Å². The van der Waals surface area contributed by atoms with Crippen LogP contribution in [0.15, 0.2) is 22.7 Å². The van der Waals surface area contributed by atoms with Crippen LogP contribution in [-0.4, -0.2) is 59.1 Å². The summed E-state index contributed by atoms with van der Waals surface area (Å²) in [6, 6.07) is 4.83. The summed E-state index contributed by atoms with van der Waals surface area (Å²) in [4.78, 5) is 18.7. The Hall–Kier alpha value is -2.52. The first kappa shape index (κ1) is 22.7. The maximum Gasteiger partial charge on any atom is 0.410 e. The van der Waals surface area contributed by atoms with E-state index in [0.29, 0.717) is 49.1 Å². The minimum Gasteiger partial charge on any atom is -0.444 e. The van der Waals surface area contributed by atoms with Gasteiger partial charge in [0.25, 0.3) is 5.89 Å². The van der Waals surface area contributed by atoms with Crippen molar-refractivity contribution in [1.82, 2.24) is 15.0 Å². The molecule has 2 aromatic rings. The summed E-state index contributed by atoms with van der Waals surface area (Å²) in [6.07, 6.45) is -0.870. The summed E-state index contributed by atoms with van der Waals surface area (Å²) in [7, 11) is 0. The number of benzene rings is 1. The van der Waals surface area contributed by atoms with E-state index in [1.807, 2.05) is 27.7 Å². The van der Waals surface area contributed by atoms with E-state index in [0.717, 1.165) is 0 Å². The highest BCUT2D eigenvalue weighted by Crippen LogP contribution is 2.34. The molecule has 174 valence electrons. The second-order valence-corrected chi connectivity index (χ2v) is 9.61. The Kier molecular flexibility index (Phi) is 6.22. The molecule has 1 amide bonds. The predicted octanol–water partition coefficient (Wildman–Crippen LogP) is 4.14. The topological polar surface area (TPSA) is 86.9 Å². The molecule has 3 unspecified atom stereocenters. The van der Waals surface area contributed by atoms with Gasteiger partial charge in [0.1, 0.15) is 17.5 Å². The summed E-state index contributed by atoms with van der Waals surface area (Å²) in [5, 5.41) is 3.99. The molecule has 3 atom stereocenters. The molecule has 0 radical (unpaired) electrons. The molecule has 9 heteroatoms. The zero-order valence-electron chi connectivity index (χ0n) is 19.1. The van der Waals surface area contributed by atoms with E-state index in [4.69, 9.17) is 18.7 Å². The third-order valence-corrected chi connectivity index (χ3v) is 5.74. The molecule has 2 fully saturated rings. The molecular formula is C23H30FN3O5. The summed E-state index contributed by atoms with van der Waals surface area (Å²) in [5.41, 5.74) is 0.563. The number of fused-ring (bicyclic) bond motifs is 2. The average molecular weight is 448 g/mol. The number of carbonyl (C=O) groups is 1. The molecule has 3 heterocycles. The van der Waals surface area contributed by atoms with Gasteiger partial charge in [0.2, 0.25) is 5.82 Å². The van der Waals surface area contributed by atoms with E-state index in [1.165, 1.54) is 6.07 Å². The number of nitrogens with zero attached hydrogens (tertiary/aromatic N) is 3. The van der Waals surface area contributed by atoms with E-state index >= 15 is 0 Å². The van der Waals surface area contributed by atoms with Crippen LogP contribution >= 0.6 is 0 Å². The lowest BCUT2D eigenvalue weighted by Gasteiger charge is -2.47. The van der Waals surface area contributed by atoms with Crippen molar-refractivity contribution in [1.29, 1.82) is 0 Å². The molecule has 0 saturated carbocycles. The Morgan fingerprint density at radius 2 is 1.94 bits per heavy atom. The van der Waals surface area contributed by atoms with Crippen molar-refractivity contribution in [3.8, 4) is 11.4 Å². The summed E-state index contributed by atoms with van der Waals surface area (Å²) in [5.74, 6) is 0.368. The van der Waals surface area contributed by atoms with Crippen molar-refractivity contribution in [2.24, 2.45) is 11.8 Å². The van der Waals surface area contributed by atoms with Crippen molar-refractivity contribution in [2.45, 2.75) is 52.4 Å². The van der Waals surface area contributed by atoms with Crippen LogP contribution in [-0.2, 0) is 14.2 Å². The van der Waals surface area contributed by atoms with Crippen LogP contribution in [0.2, 0.25) is 0 Å². The fourth-order valence-electron chi connectivity index (χ4n) is 4.14. The molecule has 0 aliphatic carbocycles. The summed E-state index contributed by atoms with van der Waals surface area (Å²) in [6.45, 7) is 11.1. The van der Waals surface area contributed by atoms with Gasteiger partial charge in [0.05, 0.1) is 19.3 Å². The predicted molar refractivity (Wildman–Crippen MR) is 113 cm³/mol. The Morgan fingerprint density at radius 1 is 1.25 bits per heavy atom. The van der Waals surface area contributed by atoms with E-state index in [1.54, 1.807) is 24.0 Å². The van der Waals surface area contributed by atoms with E-state index in [9.17, 15) is 9.18 Å². The SMILES string of the molecule is Cc1ccc(-c2noc(C(C)OC3C4COCC3CN(C(=O)OC(C)(C)C)C4)n2)cc1F. The number of piperidine rings is 1. The Labute approximate surface area is 187 Å². The zero-order valence-corrected chi connectivity index (χ0v) is 19.1. The number of hydrogen-bond acceptors (Lipinski definition) is 7. The number of ether oxygens (including phenoxy) is 3. The maximum absolute atomic E-state index is 13.9. The zero-order chi connectivity index (χ0) is 23.0. The summed E-state index contributed by atoms with van der Waals surface area (Å²) >= 11 is 0. The van der Waals surface area contributed by atoms with E-state index in [-0.39, 0.29) is 29.9 Å². The van der Waals surface area contributed by atoms with Crippen LogP contribution in [0.25, 0.3) is 11.4 Å². The number of aryl methyl sites for hydroxylation is 1. The molecule has 2 aliphatic heterocycles. The van der Waals surface area contributed by atoms with Gasteiger partial charge in [-0.15, -0.1) is 0 Å². The van der Waals surface area contributed by atoms with Gasteiger partial charge in [0.15, 0.2) is 0 Å². The molecule has 2 bridgehead atoms. The van der Waals surface area contributed by atoms with Gasteiger partial charge < -0.3 is 23.6 Å². The number of amides is 1. The number of hydrogen-bond donors (Lipinski definition) is 0. The monoisotopic (exact) mass is 447 g/mol. The minimum atomic E-state index is -0.541. The lowest BCUT2D eigenvalue weighted by atomic mass is 9.84.